The minimum atomic E-state index is -0.141. The van der Waals surface area contributed by atoms with Gasteiger partial charge in [0.1, 0.15) is 10.8 Å². The highest BCUT2D eigenvalue weighted by molar-refractivity contribution is 7.19. The van der Waals surface area contributed by atoms with Crippen molar-refractivity contribution in [2.45, 2.75) is 6.92 Å². The number of piperazine rings is 1. The molecule has 3 aromatic rings. The second-order valence-corrected chi connectivity index (χ2v) is 7.08. The van der Waals surface area contributed by atoms with Crippen molar-refractivity contribution in [1.82, 2.24) is 19.9 Å². The van der Waals surface area contributed by atoms with E-state index < -0.39 is 0 Å². The van der Waals surface area contributed by atoms with Gasteiger partial charge in [-0.2, -0.15) is 9.61 Å². The van der Waals surface area contributed by atoms with E-state index in [0.29, 0.717) is 4.96 Å². The maximum Gasteiger partial charge on any atom is 0.277 e. The fraction of sp³-hybridized carbons (Fsp3) is 0.278. The molecule has 1 N–H and O–H groups in total. The molecule has 0 spiro atoms. The molecular weight excluding hydrogens is 334 g/mol. The van der Waals surface area contributed by atoms with Gasteiger partial charge in [-0.15, -0.1) is 0 Å². The predicted octanol–water partition coefficient (Wildman–Crippen LogP) is 2.18. The summed E-state index contributed by atoms with van der Waals surface area (Å²) >= 11 is 1.43. The fourth-order valence-corrected chi connectivity index (χ4v) is 3.91. The quantitative estimate of drug-likeness (QED) is 0.782. The number of aromatic nitrogens is 3. The smallest absolute Gasteiger partial charge is 0.277 e. The molecule has 4 rings (SSSR count). The molecule has 0 bridgehead atoms. The van der Waals surface area contributed by atoms with Crippen LogP contribution >= 0.6 is 11.3 Å². The Morgan fingerprint density at radius 3 is 2.80 bits per heavy atom. The summed E-state index contributed by atoms with van der Waals surface area (Å²) in [5.74, 6) is 0.734. The molecule has 0 atom stereocenters. The van der Waals surface area contributed by atoms with Crippen molar-refractivity contribution in [2.75, 3.05) is 31.1 Å². The van der Waals surface area contributed by atoms with E-state index >= 15 is 0 Å². The average Bonchev–Trinajstić information content (AvgIpc) is 3.07. The zero-order valence-electron chi connectivity index (χ0n) is 14.0. The van der Waals surface area contributed by atoms with Gasteiger partial charge in [-0.05, 0) is 30.2 Å². The predicted molar refractivity (Wildman–Crippen MR) is 102 cm³/mol. The van der Waals surface area contributed by atoms with Crippen molar-refractivity contribution in [1.29, 1.82) is 0 Å². The molecule has 6 nitrogen and oxygen atoms in total. The highest BCUT2D eigenvalue weighted by Gasteiger charge is 2.16. The number of aryl methyl sites for hydroxylation is 1. The molecule has 1 saturated heterocycles. The Morgan fingerprint density at radius 1 is 1.24 bits per heavy atom. The number of fused-ring (bicyclic) bond motifs is 1. The van der Waals surface area contributed by atoms with Gasteiger partial charge in [-0.3, -0.25) is 4.79 Å². The Labute approximate surface area is 149 Å². The Balaban J connectivity index is 1.80. The van der Waals surface area contributed by atoms with Gasteiger partial charge in [0, 0.05) is 37.8 Å². The van der Waals surface area contributed by atoms with Gasteiger partial charge in [0.2, 0.25) is 4.96 Å². The van der Waals surface area contributed by atoms with Crippen molar-refractivity contribution < 1.29 is 0 Å². The van der Waals surface area contributed by atoms with Crippen LogP contribution in [0, 0.1) is 6.92 Å². The van der Waals surface area contributed by atoms with E-state index in [1.807, 2.05) is 19.1 Å². The first-order valence-corrected chi connectivity index (χ1v) is 9.07. The lowest BCUT2D eigenvalue weighted by Crippen LogP contribution is -2.44. The van der Waals surface area contributed by atoms with E-state index in [0.717, 1.165) is 53.7 Å². The van der Waals surface area contributed by atoms with Gasteiger partial charge >= 0.3 is 0 Å². The summed E-state index contributed by atoms with van der Waals surface area (Å²) in [5.41, 5.74) is 3.01. The number of rotatable bonds is 3. The first-order chi connectivity index (χ1) is 12.1. The number of nitrogens with one attached hydrogen (secondary N) is 1. The van der Waals surface area contributed by atoms with E-state index in [-0.39, 0.29) is 5.56 Å². The number of hydrogen-bond donors (Lipinski definition) is 1. The first-order valence-electron chi connectivity index (χ1n) is 8.25. The third-order valence-corrected chi connectivity index (χ3v) is 5.21. The van der Waals surface area contributed by atoms with Gasteiger partial charge in [-0.25, -0.2) is 4.98 Å². The Bertz CT molecular complexity index is 1000. The van der Waals surface area contributed by atoms with Crippen LogP contribution in [0.25, 0.3) is 21.6 Å². The first kappa shape index (κ1) is 16.0. The highest BCUT2D eigenvalue weighted by atomic mass is 32.1. The summed E-state index contributed by atoms with van der Waals surface area (Å²) in [5, 5.41) is 8.57. The van der Waals surface area contributed by atoms with Crippen LogP contribution in [-0.2, 0) is 0 Å². The van der Waals surface area contributed by atoms with Crippen LogP contribution in [0.2, 0.25) is 0 Å². The monoisotopic (exact) mass is 353 g/mol. The lowest BCUT2D eigenvalue weighted by atomic mass is 10.1. The van der Waals surface area contributed by atoms with Crippen LogP contribution in [-0.4, -0.2) is 40.8 Å². The average molecular weight is 353 g/mol. The Morgan fingerprint density at radius 2 is 2.04 bits per heavy atom. The van der Waals surface area contributed by atoms with Crippen LogP contribution < -0.4 is 15.8 Å². The van der Waals surface area contributed by atoms with Crippen LogP contribution in [0.1, 0.15) is 11.1 Å². The van der Waals surface area contributed by atoms with Crippen LogP contribution in [0.3, 0.4) is 0 Å². The summed E-state index contributed by atoms with van der Waals surface area (Å²) < 4.78 is 1.39. The number of benzene rings is 1. The number of nitrogens with zero attached hydrogens (tertiary/aromatic N) is 4. The van der Waals surface area contributed by atoms with Crippen molar-refractivity contribution in [3.05, 3.63) is 52.3 Å². The summed E-state index contributed by atoms with van der Waals surface area (Å²) in [6, 6.07) is 7.73. The normalized spacial score (nSPS) is 14.8. The second kappa shape index (κ2) is 6.42. The topological polar surface area (TPSA) is 62.5 Å². The molecule has 1 fully saturated rings. The molecule has 25 heavy (non-hydrogen) atoms. The number of anilines is 1. The standard InChI is InChI=1S/C18H19N5OS/c1-3-13-8-12(2)9-14(10-13)17-21-23-16(24)11-15(20-18(23)25-17)22-6-4-19-5-7-22/h3,8-11,19H,1,4-7H2,2H3. The van der Waals surface area contributed by atoms with Gasteiger partial charge in [0.25, 0.3) is 5.56 Å². The van der Waals surface area contributed by atoms with Crippen LogP contribution in [0.4, 0.5) is 5.82 Å². The van der Waals surface area contributed by atoms with Crippen molar-refractivity contribution in [2.24, 2.45) is 0 Å². The molecule has 0 saturated carbocycles. The lowest BCUT2D eigenvalue weighted by Gasteiger charge is -2.27. The molecule has 128 valence electrons. The van der Waals surface area contributed by atoms with Gasteiger partial charge in [0.15, 0.2) is 0 Å². The lowest BCUT2D eigenvalue weighted by molar-refractivity contribution is 0.584. The van der Waals surface area contributed by atoms with E-state index in [4.69, 9.17) is 0 Å². The molecule has 3 heterocycles. The van der Waals surface area contributed by atoms with Gasteiger partial charge < -0.3 is 10.2 Å². The van der Waals surface area contributed by atoms with Crippen molar-refractivity contribution in [3.8, 4) is 10.6 Å². The SMILES string of the molecule is C=Cc1cc(C)cc(-c2nn3c(=O)cc(N4CCNCC4)nc3s2)c1. The van der Waals surface area contributed by atoms with Gasteiger partial charge in [-0.1, -0.05) is 30.1 Å². The maximum atomic E-state index is 12.5. The molecule has 0 aliphatic carbocycles. The maximum absolute atomic E-state index is 12.5. The molecule has 0 radical (unpaired) electrons. The van der Waals surface area contributed by atoms with Gasteiger partial charge in [0.05, 0.1) is 0 Å². The molecule has 1 aromatic carbocycles. The zero-order chi connectivity index (χ0) is 17.4. The summed E-state index contributed by atoms with van der Waals surface area (Å²) in [4.78, 5) is 19.9. The molecule has 1 aliphatic heterocycles. The zero-order valence-corrected chi connectivity index (χ0v) is 14.8. The van der Waals surface area contributed by atoms with E-state index in [2.05, 4.69) is 39.0 Å². The minimum Gasteiger partial charge on any atom is -0.354 e. The van der Waals surface area contributed by atoms with Crippen LogP contribution in [0.5, 0.6) is 0 Å². The van der Waals surface area contributed by atoms with Crippen molar-refractivity contribution >= 4 is 28.2 Å². The fourth-order valence-electron chi connectivity index (χ4n) is 3.03. The molecule has 0 unspecified atom stereocenters. The minimum absolute atomic E-state index is 0.141. The van der Waals surface area contributed by atoms with E-state index in [9.17, 15) is 4.79 Å². The van der Waals surface area contributed by atoms with Crippen molar-refractivity contribution in [3.63, 3.8) is 0 Å². The molecule has 0 amide bonds. The van der Waals surface area contributed by atoms with Crippen LogP contribution in [0.15, 0.2) is 35.6 Å². The number of hydrogen-bond acceptors (Lipinski definition) is 6. The Kier molecular flexibility index (Phi) is 4.10. The third kappa shape index (κ3) is 3.08. The Hall–Kier alpha value is -2.51. The van der Waals surface area contributed by atoms with E-state index in [1.54, 1.807) is 6.07 Å². The summed E-state index contributed by atoms with van der Waals surface area (Å²) in [7, 11) is 0. The molecular formula is C18H19N5OS. The molecule has 2 aromatic heterocycles. The summed E-state index contributed by atoms with van der Waals surface area (Å²) in [6.07, 6.45) is 1.82. The van der Waals surface area contributed by atoms with E-state index in [1.165, 1.54) is 15.9 Å². The second-order valence-electron chi connectivity index (χ2n) is 6.13. The largest absolute Gasteiger partial charge is 0.354 e. The molecule has 1 aliphatic rings. The summed E-state index contributed by atoms with van der Waals surface area (Å²) in [6.45, 7) is 9.39. The highest BCUT2D eigenvalue weighted by Crippen LogP contribution is 2.27. The third-order valence-electron chi connectivity index (χ3n) is 4.25. The molecule has 7 heteroatoms.